The third-order valence-corrected chi connectivity index (χ3v) is 3.54. The zero-order valence-electron chi connectivity index (χ0n) is 11.3. The van der Waals surface area contributed by atoms with Crippen LogP contribution in [-0.4, -0.2) is 26.5 Å². The van der Waals surface area contributed by atoms with E-state index < -0.39 is 0 Å². The quantitative estimate of drug-likeness (QED) is 0.417. The van der Waals surface area contributed by atoms with Gasteiger partial charge in [-0.05, 0) is 24.5 Å². The SMILES string of the molecule is CCOC(=O)CCc1cccc(COCOC)c1Br. The fourth-order valence-corrected chi connectivity index (χ4v) is 2.22. The van der Waals surface area contributed by atoms with E-state index in [-0.39, 0.29) is 12.8 Å². The monoisotopic (exact) mass is 330 g/mol. The van der Waals surface area contributed by atoms with Crippen LogP contribution in [0.1, 0.15) is 24.5 Å². The molecule has 0 amide bonds. The van der Waals surface area contributed by atoms with Crippen molar-refractivity contribution in [3.05, 3.63) is 33.8 Å². The highest BCUT2D eigenvalue weighted by Gasteiger charge is 2.08. The third kappa shape index (κ3) is 5.72. The maximum absolute atomic E-state index is 11.3. The number of hydrogen-bond acceptors (Lipinski definition) is 4. The van der Waals surface area contributed by atoms with Crippen LogP contribution in [0.5, 0.6) is 0 Å². The van der Waals surface area contributed by atoms with Crippen LogP contribution in [0.4, 0.5) is 0 Å². The van der Waals surface area contributed by atoms with Gasteiger partial charge in [-0.2, -0.15) is 0 Å². The van der Waals surface area contributed by atoms with Crippen molar-refractivity contribution in [1.82, 2.24) is 0 Å². The van der Waals surface area contributed by atoms with E-state index in [0.29, 0.717) is 26.1 Å². The zero-order valence-corrected chi connectivity index (χ0v) is 12.9. The summed E-state index contributed by atoms with van der Waals surface area (Å²) in [6.07, 6.45) is 1.03. The van der Waals surface area contributed by atoms with Crippen LogP contribution >= 0.6 is 15.9 Å². The summed E-state index contributed by atoms with van der Waals surface area (Å²) in [6, 6.07) is 5.92. The number of hydrogen-bond donors (Lipinski definition) is 0. The molecule has 0 bridgehead atoms. The Balaban J connectivity index is 2.58. The van der Waals surface area contributed by atoms with Gasteiger partial charge in [0.15, 0.2) is 0 Å². The van der Waals surface area contributed by atoms with E-state index in [9.17, 15) is 4.79 Å². The largest absolute Gasteiger partial charge is 0.466 e. The van der Waals surface area contributed by atoms with Crippen LogP contribution in [0.3, 0.4) is 0 Å². The zero-order chi connectivity index (χ0) is 14.1. The highest BCUT2D eigenvalue weighted by Crippen LogP contribution is 2.24. The molecule has 1 aromatic carbocycles. The number of esters is 1. The highest BCUT2D eigenvalue weighted by atomic mass is 79.9. The Hall–Kier alpha value is -0.910. The van der Waals surface area contributed by atoms with Gasteiger partial charge < -0.3 is 14.2 Å². The molecular formula is C14H19BrO4. The molecule has 19 heavy (non-hydrogen) atoms. The number of ether oxygens (including phenoxy) is 3. The third-order valence-electron chi connectivity index (χ3n) is 2.52. The van der Waals surface area contributed by atoms with Crippen molar-refractivity contribution in [2.45, 2.75) is 26.4 Å². The fraction of sp³-hybridized carbons (Fsp3) is 0.500. The lowest BCUT2D eigenvalue weighted by Crippen LogP contribution is -2.06. The number of aryl methyl sites for hydroxylation is 1. The van der Waals surface area contributed by atoms with E-state index in [4.69, 9.17) is 14.2 Å². The highest BCUT2D eigenvalue weighted by molar-refractivity contribution is 9.10. The second kappa shape index (κ2) is 9.07. The standard InChI is InChI=1S/C14H19BrO4/c1-3-19-13(16)8-7-11-5-4-6-12(14(11)15)9-18-10-17-2/h4-6H,3,7-10H2,1-2H3. The maximum atomic E-state index is 11.3. The summed E-state index contributed by atoms with van der Waals surface area (Å²) >= 11 is 3.55. The first-order valence-corrected chi connectivity index (χ1v) is 6.96. The van der Waals surface area contributed by atoms with Gasteiger partial charge in [0, 0.05) is 18.0 Å². The number of benzene rings is 1. The minimum Gasteiger partial charge on any atom is -0.466 e. The Labute approximate surface area is 122 Å². The topological polar surface area (TPSA) is 44.8 Å². The van der Waals surface area contributed by atoms with Crippen molar-refractivity contribution in [3.63, 3.8) is 0 Å². The summed E-state index contributed by atoms with van der Waals surface area (Å²) in [5.74, 6) is -0.171. The van der Waals surface area contributed by atoms with E-state index >= 15 is 0 Å². The minimum atomic E-state index is -0.171. The van der Waals surface area contributed by atoms with Gasteiger partial charge in [-0.15, -0.1) is 0 Å². The number of carbonyl (C=O) groups is 1. The van der Waals surface area contributed by atoms with Gasteiger partial charge in [0.2, 0.25) is 0 Å². The summed E-state index contributed by atoms with van der Waals surface area (Å²) in [7, 11) is 1.59. The molecule has 106 valence electrons. The molecule has 0 fully saturated rings. The summed E-state index contributed by atoms with van der Waals surface area (Å²) in [4.78, 5) is 11.3. The van der Waals surface area contributed by atoms with Crippen molar-refractivity contribution in [2.24, 2.45) is 0 Å². The maximum Gasteiger partial charge on any atom is 0.306 e. The van der Waals surface area contributed by atoms with Gasteiger partial charge in [-0.3, -0.25) is 4.79 Å². The Kier molecular flexibility index (Phi) is 7.70. The van der Waals surface area contributed by atoms with Gasteiger partial charge in [-0.25, -0.2) is 0 Å². The van der Waals surface area contributed by atoms with E-state index in [1.54, 1.807) is 7.11 Å². The van der Waals surface area contributed by atoms with E-state index in [0.717, 1.165) is 15.6 Å². The molecule has 0 N–H and O–H groups in total. The first kappa shape index (κ1) is 16.1. The first-order chi connectivity index (χ1) is 9.19. The smallest absolute Gasteiger partial charge is 0.306 e. The second-order valence-corrected chi connectivity index (χ2v) is 4.74. The molecule has 0 aliphatic heterocycles. The van der Waals surface area contributed by atoms with Gasteiger partial charge in [0.25, 0.3) is 0 Å². The van der Waals surface area contributed by atoms with Gasteiger partial charge in [0.1, 0.15) is 6.79 Å². The lowest BCUT2D eigenvalue weighted by atomic mass is 10.1. The summed E-state index contributed by atoms with van der Waals surface area (Å²) in [6.45, 7) is 2.97. The average molecular weight is 331 g/mol. The lowest BCUT2D eigenvalue weighted by Gasteiger charge is -2.10. The molecule has 1 rings (SSSR count). The van der Waals surface area contributed by atoms with Crippen LogP contribution in [0.2, 0.25) is 0 Å². The van der Waals surface area contributed by atoms with E-state index in [1.807, 2.05) is 25.1 Å². The summed E-state index contributed by atoms with van der Waals surface area (Å²) in [5, 5.41) is 0. The van der Waals surface area contributed by atoms with Crippen molar-refractivity contribution < 1.29 is 19.0 Å². The number of methoxy groups -OCH3 is 1. The number of halogens is 1. The molecule has 0 saturated heterocycles. The van der Waals surface area contributed by atoms with Gasteiger partial charge in [0.05, 0.1) is 13.2 Å². The van der Waals surface area contributed by atoms with Gasteiger partial charge in [-0.1, -0.05) is 34.1 Å². The fourth-order valence-electron chi connectivity index (χ4n) is 1.64. The molecule has 0 saturated carbocycles. The predicted molar refractivity (Wildman–Crippen MR) is 75.8 cm³/mol. The molecule has 1 aromatic rings. The molecule has 0 aliphatic rings. The number of carbonyl (C=O) groups excluding carboxylic acids is 1. The Morgan fingerprint density at radius 1 is 1.32 bits per heavy atom. The van der Waals surface area contributed by atoms with Crippen molar-refractivity contribution in [2.75, 3.05) is 20.5 Å². The first-order valence-electron chi connectivity index (χ1n) is 6.17. The van der Waals surface area contributed by atoms with Crippen LogP contribution in [0, 0.1) is 0 Å². The Morgan fingerprint density at radius 2 is 2.05 bits per heavy atom. The van der Waals surface area contributed by atoms with Crippen LogP contribution in [-0.2, 0) is 32.0 Å². The molecule has 0 atom stereocenters. The van der Waals surface area contributed by atoms with E-state index in [1.165, 1.54) is 0 Å². The van der Waals surface area contributed by atoms with Crippen LogP contribution < -0.4 is 0 Å². The summed E-state index contributed by atoms with van der Waals surface area (Å²) in [5.41, 5.74) is 2.12. The molecule has 0 radical (unpaired) electrons. The molecular weight excluding hydrogens is 312 g/mol. The predicted octanol–water partition coefficient (Wildman–Crippen LogP) is 3.07. The molecule has 0 unspecified atom stereocenters. The molecule has 0 spiro atoms. The Morgan fingerprint density at radius 3 is 2.74 bits per heavy atom. The molecule has 0 heterocycles. The molecule has 0 aromatic heterocycles. The lowest BCUT2D eigenvalue weighted by molar-refractivity contribution is -0.143. The van der Waals surface area contributed by atoms with Crippen LogP contribution in [0.15, 0.2) is 22.7 Å². The molecule has 5 heteroatoms. The van der Waals surface area contributed by atoms with Gasteiger partial charge >= 0.3 is 5.97 Å². The average Bonchev–Trinajstić information content (AvgIpc) is 2.40. The molecule has 4 nitrogen and oxygen atoms in total. The second-order valence-electron chi connectivity index (χ2n) is 3.95. The van der Waals surface area contributed by atoms with Crippen molar-refractivity contribution in [1.29, 1.82) is 0 Å². The van der Waals surface area contributed by atoms with Crippen LogP contribution in [0.25, 0.3) is 0 Å². The van der Waals surface area contributed by atoms with Crippen molar-refractivity contribution >= 4 is 21.9 Å². The van der Waals surface area contributed by atoms with Crippen molar-refractivity contribution in [3.8, 4) is 0 Å². The number of rotatable bonds is 8. The minimum absolute atomic E-state index is 0.171. The Bertz CT molecular complexity index is 406. The normalized spacial score (nSPS) is 10.5. The summed E-state index contributed by atoms with van der Waals surface area (Å²) < 4.78 is 16.1. The van der Waals surface area contributed by atoms with E-state index in [2.05, 4.69) is 15.9 Å². The molecule has 0 aliphatic carbocycles.